The molecule has 3 aromatic rings. The van der Waals surface area contributed by atoms with Crippen molar-refractivity contribution in [2.24, 2.45) is 4.99 Å². The van der Waals surface area contributed by atoms with Crippen molar-refractivity contribution in [3.63, 3.8) is 0 Å². The Morgan fingerprint density at radius 2 is 1.59 bits per heavy atom. The number of hydrogen-bond donors (Lipinski definition) is 0. The van der Waals surface area contributed by atoms with Crippen molar-refractivity contribution in [2.45, 2.75) is 0 Å². The molecule has 0 saturated heterocycles. The second-order valence-electron chi connectivity index (χ2n) is 5.67. The van der Waals surface area contributed by atoms with Crippen molar-refractivity contribution in [1.29, 1.82) is 0 Å². The van der Waals surface area contributed by atoms with Crippen LogP contribution in [0.15, 0.2) is 69.7 Å². The van der Waals surface area contributed by atoms with E-state index in [2.05, 4.69) is 4.99 Å². The molecule has 2 heterocycles. The third-order valence-corrected chi connectivity index (χ3v) is 4.81. The Morgan fingerprint density at radius 1 is 0.852 bits per heavy atom. The van der Waals surface area contributed by atoms with Crippen LogP contribution in [-0.2, 0) is 9.53 Å². The second-order valence-corrected chi connectivity index (χ2v) is 6.92. The molecule has 0 spiro atoms. The lowest BCUT2D eigenvalue weighted by molar-refractivity contribution is -0.129. The first-order valence-corrected chi connectivity index (χ1v) is 8.97. The molecule has 0 amide bonds. The van der Waals surface area contributed by atoms with E-state index in [-0.39, 0.29) is 11.6 Å². The Kier molecular flexibility index (Phi) is 4.79. The second kappa shape index (κ2) is 7.24. The molecule has 0 atom stereocenters. The van der Waals surface area contributed by atoms with Crippen molar-refractivity contribution in [3.05, 3.63) is 86.7 Å². The lowest BCUT2D eigenvalue weighted by atomic mass is 10.2. The van der Waals surface area contributed by atoms with Gasteiger partial charge in [-0.3, -0.25) is 0 Å². The number of nitrogens with zero attached hydrogens (tertiary/aromatic N) is 1. The molecular formula is C20H10Cl3NO3. The summed E-state index contributed by atoms with van der Waals surface area (Å²) in [6.45, 7) is 0. The van der Waals surface area contributed by atoms with Crippen molar-refractivity contribution >= 4 is 52.7 Å². The number of carbonyl (C=O) groups excluding carboxylic acids is 1. The number of halogens is 3. The molecule has 4 rings (SSSR count). The standard InChI is InChI=1S/C20H10Cl3NO3/c21-13-4-1-11(2-5-13)19-24-17(20(25)27-19)10-14-6-8-18(26-14)12-3-7-15(22)16(23)9-12/h1-10H/b17-10+. The van der Waals surface area contributed by atoms with Crippen LogP contribution in [0.25, 0.3) is 17.4 Å². The number of carbonyl (C=O) groups is 1. The van der Waals surface area contributed by atoms with E-state index < -0.39 is 5.97 Å². The number of hydrogen-bond acceptors (Lipinski definition) is 4. The maximum Gasteiger partial charge on any atom is 0.363 e. The van der Waals surface area contributed by atoms with Gasteiger partial charge in [0.05, 0.1) is 10.0 Å². The lowest BCUT2D eigenvalue weighted by Crippen LogP contribution is -2.05. The average Bonchev–Trinajstić information content (AvgIpc) is 3.26. The number of furan rings is 1. The Hall–Kier alpha value is -2.53. The maximum atomic E-state index is 12.1. The number of benzene rings is 2. The van der Waals surface area contributed by atoms with E-state index in [0.717, 1.165) is 5.56 Å². The number of ether oxygens (including phenoxy) is 1. The maximum absolute atomic E-state index is 12.1. The Balaban J connectivity index is 1.61. The molecule has 7 heteroatoms. The molecule has 0 unspecified atom stereocenters. The minimum Gasteiger partial charge on any atom is -0.457 e. The van der Waals surface area contributed by atoms with Crippen LogP contribution in [0.3, 0.4) is 0 Å². The van der Waals surface area contributed by atoms with E-state index >= 15 is 0 Å². The Labute approximate surface area is 169 Å². The highest BCUT2D eigenvalue weighted by molar-refractivity contribution is 6.42. The quantitative estimate of drug-likeness (QED) is 0.373. The molecule has 1 aliphatic rings. The van der Waals surface area contributed by atoms with E-state index in [1.165, 1.54) is 6.08 Å². The van der Waals surface area contributed by atoms with Crippen LogP contribution >= 0.6 is 34.8 Å². The third kappa shape index (κ3) is 3.78. The van der Waals surface area contributed by atoms with E-state index in [4.69, 9.17) is 44.0 Å². The van der Waals surface area contributed by atoms with Gasteiger partial charge in [0.15, 0.2) is 5.70 Å². The summed E-state index contributed by atoms with van der Waals surface area (Å²) >= 11 is 17.8. The highest BCUT2D eigenvalue weighted by Gasteiger charge is 2.24. The fourth-order valence-electron chi connectivity index (χ4n) is 2.49. The molecule has 0 fully saturated rings. The van der Waals surface area contributed by atoms with Gasteiger partial charge in [-0.05, 0) is 54.6 Å². The minimum absolute atomic E-state index is 0.148. The monoisotopic (exact) mass is 417 g/mol. The van der Waals surface area contributed by atoms with Gasteiger partial charge in [-0.2, -0.15) is 0 Å². The molecule has 1 aromatic heterocycles. The lowest BCUT2D eigenvalue weighted by Gasteiger charge is -1.99. The SMILES string of the molecule is O=C1OC(c2ccc(Cl)cc2)=N/C1=C/c1ccc(-c2ccc(Cl)c(Cl)c2)o1. The van der Waals surface area contributed by atoms with Crippen molar-refractivity contribution < 1.29 is 13.9 Å². The zero-order chi connectivity index (χ0) is 19.0. The molecule has 1 aliphatic heterocycles. The largest absolute Gasteiger partial charge is 0.457 e. The van der Waals surface area contributed by atoms with Crippen molar-refractivity contribution in [2.75, 3.05) is 0 Å². The highest BCUT2D eigenvalue weighted by Crippen LogP contribution is 2.30. The van der Waals surface area contributed by atoms with Crippen LogP contribution in [0.1, 0.15) is 11.3 Å². The predicted molar refractivity (Wildman–Crippen MR) is 106 cm³/mol. The van der Waals surface area contributed by atoms with Crippen molar-refractivity contribution in [3.8, 4) is 11.3 Å². The fourth-order valence-corrected chi connectivity index (χ4v) is 2.92. The highest BCUT2D eigenvalue weighted by atomic mass is 35.5. The van der Waals surface area contributed by atoms with E-state index in [1.807, 2.05) is 0 Å². The molecule has 27 heavy (non-hydrogen) atoms. The van der Waals surface area contributed by atoms with Gasteiger partial charge in [0, 0.05) is 22.2 Å². The van der Waals surface area contributed by atoms with E-state index in [9.17, 15) is 4.79 Å². The van der Waals surface area contributed by atoms with Gasteiger partial charge in [0.2, 0.25) is 5.90 Å². The molecular weight excluding hydrogens is 409 g/mol. The summed E-state index contributed by atoms with van der Waals surface area (Å²) in [5.41, 5.74) is 1.58. The summed E-state index contributed by atoms with van der Waals surface area (Å²) in [4.78, 5) is 16.3. The van der Waals surface area contributed by atoms with Gasteiger partial charge in [0.25, 0.3) is 0 Å². The summed E-state index contributed by atoms with van der Waals surface area (Å²) in [5.74, 6) is 0.726. The first-order chi connectivity index (χ1) is 13.0. The molecule has 0 bridgehead atoms. The molecule has 0 aliphatic carbocycles. The van der Waals surface area contributed by atoms with E-state index in [0.29, 0.717) is 32.2 Å². The molecule has 0 N–H and O–H groups in total. The Morgan fingerprint density at radius 3 is 2.33 bits per heavy atom. The van der Waals surface area contributed by atoms with Crippen LogP contribution in [0.2, 0.25) is 15.1 Å². The van der Waals surface area contributed by atoms with Gasteiger partial charge < -0.3 is 9.15 Å². The van der Waals surface area contributed by atoms with Crippen LogP contribution < -0.4 is 0 Å². The van der Waals surface area contributed by atoms with Crippen LogP contribution in [0.5, 0.6) is 0 Å². The van der Waals surface area contributed by atoms with Crippen LogP contribution in [-0.4, -0.2) is 11.9 Å². The minimum atomic E-state index is -0.549. The molecule has 4 nitrogen and oxygen atoms in total. The van der Waals surface area contributed by atoms with Gasteiger partial charge in [-0.15, -0.1) is 0 Å². The zero-order valence-electron chi connectivity index (χ0n) is 13.6. The summed E-state index contributed by atoms with van der Waals surface area (Å²) in [6, 6.07) is 15.6. The fraction of sp³-hybridized carbons (Fsp3) is 0. The van der Waals surface area contributed by atoms with Crippen LogP contribution in [0, 0.1) is 0 Å². The predicted octanol–water partition coefficient (Wildman–Crippen LogP) is 6.25. The molecule has 134 valence electrons. The number of aliphatic imine (C=N–C) groups is 1. The first-order valence-electron chi connectivity index (χ1n) is 7.83. The van der Waals surface area contributed by atoms with Gasteiger partial charge in [0.1, 0.15) is 11.5 Å². The average molecular weight is 419 g/mol. The number of cyclic esters (lactones) is 1. The molecule has 2 aromatic carbocycles. The summed E-state index contributed by atoms with van der Waals surface area (Å²) in [6.07, 6.45) is 1.52. The molecule has 0 saturated carbocycles. The normalized spacial score (nSPS) is 15.1. The topological polar surface area (TPSA) is 51.8 Å². The third-order valence-electron chi connectivity index (χ3n) is 3.82. The molecule has 0 radical (unpaired) electrons. The van der Waals surface area contributed by atoms with E-state index in [1.54, 1.807) is 54.6 Å². The van der Waals surface area contributed by atoms with Crippen LogP contribution in [0.4, 0.5) is 0 Å². The Bertz CT molecular complexity index is 1100. The smallest absolute Gasteiger partial charge is 0.363 e. The van der Waals surface area contributed by atoms with Crippen molar-refractivity contribution in [1.82, 2.24) is 0 Å². The number of esters is 1. The zero-order valence-corrected chi connectivity index (χ0v) is 15.8. The van der Waals surface area contributed by atoms with Gasteiger partial charge in [-0.1, -0.05) is 34.8 Å². The van der Waals surface area contributed by atoms with Gasteiger partial charge >= 0.3 is 5.97 Å². The van der Waals surface area contributed by atoms with Gasteiger partial charge in [-0.25, -0.2) is 9.79 Å². The summed E-state index contributed by atoms with van der Waals surface area (Å²) in [7, 11) is 0. The summed E-state index contributed by atoms with van der Waals surface area (Å²) in [5, 5.41) is 1.49. The first kappa shape index (κ1) is 17.9. The number of rotatable bonds is 3. The summed E-state index contributed by atoms with van der Waals surface area (Å²) < 4.78 is 11.0.